The van der Waals surface area contributed by atoms with Crippen LogP contribution in [0.3, 0.4) is 0 Å². The molecule has 1 heterocycles. The van der Waals surface area contributed by atoms with E-state index < -0.39 is 0 Å². The van der Waals surface area contributed by atoms with Crippen LogP contribution in [0.5, 0.6) is 11.5 Å². The SMILES string of the molecule is NC1CC(NCc2ccc3c(c2)OCO3)c2ccccc21. The highest BCUT2D eigenvalue weighted by Gasteiger charge is 2.27. The molecule has 0 spiro atoms. The molecule has 2 unspecified atom stereocenters. The minimum atomic E-state index is 0.135. The van der Waals surface area contributed by atoms with E-state index in [1.54, 1.807) is 0 Å². The Morgan fingerprint density at radius 3 is 2.76 bits per heavy atom. The summed E-state index contributed by atoms with van der Waals surface area (Å²) in [6, 6.07) is 15.0. The molecule has 4 rings (SSSR count). The molecular weight excluding hydrogens is 264 g/mol. The molecule has 4 heteroatoms. The number of nitrogens with two attached hydrogens (primary N) is 1. The van der Waals surface area contributed by atoms with Gasteiger partial charge in [0.25, 0.3) is 0 Å². The van der Waals surface area contributed by atoms with Crippen LogP contribution >= 0.6 is 0 Å². The van der Waals surface area contributed by atoms with Crippen molar-refractivity contribution in [2.75, 3.05) is 6.79 Å². The van der Waals surface area contributed by atoms with Gasteiger partial charge in [-0.25, -0.2) is 0 Å². The van der Waals surface area contributed by atoms with Crippen LogP contribution in [0.2, 0.25) is 0 Å². The average Bonchev–Trinajstić information content (AvgIpc) is 3.10. The van der Waals surface area contributed by atoms with Gasteiger partial charge < -0.3 is 20.5 Å². The van der Waals surface area contributed by atoms with Gasteiger partial charge in [-0.2, -0.15) is 0 Å². The number of hydrogen-bond acceptors (Lipinski definition) is 4. The fraction of sp³-hybridized carbons (Fsp3) is 0.294. The topological polar surface area (TPSA) is 56.5 Å². The van der Waals surface area contributed by atoms with Gasteiger partial charge in [-0.1, -0.05) is 30.3 Å². The molecule has 108 valence electrons. The molecule has 2 aliphatic rings. The van der Waals surface area contributed by atoms with Gasteiger partial charge in [0.15, 0.2) is 11.5 Å². The van der Waals surface area contributed by atoms with Crippen molar-refractivity contribution in [3.63, 3.8) is 0 Å². The van der Waals surface area contributed by atoms with Crippen molar-refractivity contribution in [3.05, 3.63) is 59.2 Å². The zero-order valence-corrected chi connectivity index (χ0v) is 11.7. The molecule has 0 radical (unpaired) electrons. The lowest BCUT2D eigenvalue weighted by molar-refractivity contribution is 0.174. The fourth-order valence-corrected chi connectivity index (χ4v) is 3.16. The average molecular weight is 282 g/mol. The van der Waals surface area contributed by atoms with Gasteiger partial charge in [0.05, 0.1) is 0 Å². The Labute approximate surface area is 123 Å². The normalized spacial score (nSPS) is 22.3. The van der Waals surface area contributed by atoms with Crippen LogP contribution in [0.15, 0.2) is 42.5 Å². The van der Waals surface area contributed by atoms with Crippen LogP contribution in [-0.2, 0) is 6.54 Å². The van der Waals surface area contributed by atoms with E-state index in [2.05, 4.69) is 35.6 Å². The Hall–Kier alpha value is -2.04. The molecule has 2 aromatic rings. The first-order chi connectivity index (χ1) is 10.3. The lowest BCUT2D eigenvalue weighted by atomic mass is 10.1. The van der Waals surface area contributed by atoms with Crippen LogP contribution in [0.1, 0.15) is 35.2 Å². The molecule has 1 aliphatic heterocycles. The minimum absolute atomic E-state index is 0.135. The summed E-state index contributed by atoms with van der Waals surface area (Å²) in [6.07, 6.45) is 0.948. The van der Waals surface area contributed by atoms with E-state index in [1.165, 1.54) is 16.7 Å². The van der Waals surface area contributed by atoms with E-state index in [9.17, 15) is 0 Å². The lowest BCUT2D eigenvalue weighted by Gasteiger charge is -2.14. The first-order valence-electron chi connectivity index (χ1n) is 7.27. The molecule has 4 nitrogen and oxygen atoms in total. The van der Waals surface area contributed by atoms with Crippen molar-refractivity contribution in [2.45, 2.75) is 25.0 Å². The van der Waals surface area contributed by atoms with Crippen molar-refractivity contribution in [1.29, 1.82) is 0 Å². The van der Waals surface area contributed by atoms with E-state index in [0.29, 0.717) is 12.8 Å². The summed E-state index contributed by atoms with van der Waals surface area (Å²) in [5, 5.41) is 3.60. The molecule has 0 aromatic heterocycles. The molecule has 0 saturated carbocycles. The van der Waals surface area contributed by atoms with Crippen LogP contribution < -0.4 is 20.5 Å². The predicted molar refractivity (Wildman–Crippen MR) is 80.1 cm³/mol. The Bertz CT molecular complexity index is 672. The smallest absolute Gasteiger partial charge is 0.231 e. The van der Waals surface area contributed by atoms with Crippen LogP contribution in [0, 0.1) is 0 Å². The molecule has 2 aromatic carbocycles. The van der Waals surface area contributed by atoms with E-state index >= 15 is 0 Å². The highest BCUT2D eigenvalue weighted by Crippen LogP contribution is 2.37. The zero-order valence-electron chi connectivity index (χ0n) is 11.7. The van der Waals surface area contributed by atoms with E-state index in [1.807, 2.05) is 12.1 Å². The lowest BCUT2D eigenvalue weighted by Crippen LogP contribution is -2.19. The van der Waals surface area contributed by atoms with Crippen molar-refractivity contribution in [1.82, 2.24) is 5.32 Å². The molecule has 0 amide bonds. The van der Waals surface area contributed by atoms with Gasteiger partial charge in [-0.15, -0.1) is 0 Å². The van der Waals surface area contributed by atoms with Gasteiger partial charge in [0.1, 0.15) is 0 Å². The maximum Gasteiger partial charge on any atom is 0.231 e. The van der Waals surface area contributed by atoms with Gasteiger partial charge in [-0.05, 0) is 35.2 Å². The number of rotatable bonds is 3. The van der Waals surface area contributed by atoms with Crippen LogP contribution in [-0.4, -0.2) is 6.79 Å². The first-order valence-corrected chi connectivity index (χ1v) is 7.27. The molecule has 21 heavy (non-hydrogen) atoms. The first kappa shape index (κ1) is 12.7. The third-order valence-corrected chi connectivity index (χ3v) is 4.25. The highest BCUT2D eigenvalue weighted by molar-refractivity contribution is 5.44. The summed E-state index contributed by atoms with van der Waals surface area (Å²) in [5.74, 6) is 1.66. The highest BCUT2D eigenvalue weighted by atomic mass is 16.7. The van der Waals surface area contributed by atoms with Gasteiger partial charge in [0, 0.05) is 18.6 Å². The quantitative estimate of drug-likeness (QED) is 0.908. The number of hydrogen-bond donors (Lipinski definition) is 2. The Balaban J connectivity index is 1.48. The summed E-state index contributed by atoms with van der Waals surface area (Å²) in [7, 11) is 0. The maximum absolute atomic E-state index is 6.20. The van der Waals surface area contributed by atoms with E-state index in [-0.39, 0.29) is 6.04 Å². The van der Waals surface area contributed by atoms with E-state index in [4.69, 9.17) is 15.2 Å². The van der Waals surface area contributed by atoms with Crippen molar-refractivity contribution < 1.29 is 9.47 Å². The minimum Gasteiger partial charge on any atom is -0.454 e. The van der Waals surface area contributed by atoms with Gasteiger partial charge >= 0.3 is 0 Å². The second-order valence-corrected chi connectivity index (χ2v) is 5.59. The Morgan fingerprint density at radius 1 is 1.05 bits per heavy atom. The van der Waals surface area contributed by atoms with Crippen LogP contribution in [0.25, 0.3) is 0 Å². The summed E-state index contributed by atoms with van der Waals surface area (Å²) in [5.41, 5.74) is 9.98. The number of benzene rings is 2. The summed E-state index contributed by atoms with van der Waals surface area (Å²) >= 11 is 0. The number of nitrogens with one attached hydrogen (secondary N) is 1. The fourth-order valence-electron chi connectivity index (χ4n) is 3.16. The molecular formula is C17H18N2O2. The van der Waals surface area contributed by atoms with Gasteiger partial charge in [0.2, 0.25) is 6.79 Å². The monoisotopic (exact) mass is 282 g/mol. The summed E-state index contributed by atoms with van der Waals surface area (Å²) in [4.78, 5) is 0. The van der Waals surface area contributed by atoms with Crippen molar-refractivity contribution in [2.24, 2.45) is 5.73 Å². The molecule has 3 N–H and O–H groups in total. The Kier molecular flexibility index (Phi) is 3.05. The second kappa shape index (κ2) is 5.06. The standard InChI is InChI=1S/C17H18N2O2/c18-14-8-15(13-4-2-1-3-12(13)14)19-9-11-5-6-16-17(7-11)21-10-20-16/h1-7,14-15,19H,8-10,18H2. The second-order valence-electron chi connectivity index (χ2n) is 5.59. The molecule has 0 saturated heterocycles. The van der Waals surface area contributed by atoms with Crippen LogP contribution in [0.4, 0.5) is 0 Å². The number of fused-ring (bicyclic) bond motifs is 2. The zero-order chi connectivity index (χ0) is 14.2. The third kappa shape index (κ3) is 2.26. The largest absolute Gasteiger partial charge is 0.454 e. The van der Waals surface area contributed by atoms with E-state index in [0.717, 1.165) is 24.5 Å². The summed E-state index contributed by atoms with van der Waals surface area (Å²) in [6.45, 7) is 1.11. The van der Waals surface area contributed by atoms with Crippen molar-refractivity contribution >= 4 is 0 Å². The molecule has 0 fully saturated rings. The molecule has 2 atom stereocenters. The third-order valence-electron chi connectivity index (χ3n) is 4.25. The predicted octanol–water partition coefficient (Wildman–Crippen LogP) is 2.65. The summed E-state index contributed by atoms with van der Waals surface area (Å²) < 4.78 is 10.7. The molecule has 0 bridgehead atoms. The number of ether oxygens (including phenoxy) is 2. The van der Waals surface area contributed by atoms with Crippen molar-refractivity contribution in [3.8, 4) is 11.5 Å². The molecule has 1 aliphatic carbocycles. The Morgan fingerprint density at radius 2 is 1.86 bits per heavy atom. The maximum atomic E-state index is 6.20. The van der Waals surface area contributed by atoms with Gasteiger partial charge in [-0.3, -0.25) is 0 Å².